The molecule has 0 bridgehead atoms. The van der Waals surface area contributed by atoms with Crippen LogP contribution in [0.3, 0.4) is 0 Å². The second-order valence-corrected chi connectivity index (χ2v) is 7.70. The van der Waals surface area contributed by atoms with Crippen molar-refractivity contribution in [1.29, 1.82) is 0 Å². The lowest BCUT2D eigenvalue weighted by Gasteiger charge is -2.25. The molecule has 27 heavy (non-hydrogen) atoms. The molecule has 1 saturated heterocycles. The molecule has 1 amide bonds. The van der Waals surface area contributed by atoms with E-state index < -0.39 is 0 Å². The predicted octanol–water partition coefficient (Wildman–Crippen LogP) is 5.13. The molecule has 1 fully saturated rings. The number of carbonyl (C=O) groups is 1. The maximum absolute atomic E-state index is 12.7. The zero-order valence-electron chi connectivity index (χ0n) is 16.5. The van der Waals surface area contributed by atoms with Crippen LogP contribution in [0.2, 0.25) is 0 Å². The van der Waals surface area contributed by atoms with Gasteiger partial charge >= 0.3 is 0 Å². The highest BCUT2D eigenvalue weighted by Gasteiger charge is 2.21. The Hall–Kier alpha value is -2.23. The number of ether oxygens (including phenoxy) is 1. The fourth-order valence-electron chi connectivity index (χ4n) is 4.34. The number of amides is 1. The minimum Gasteiger partial charge on any atom is -0.493 e. The van der Waals surface area contributed by atoms with E-state index in [4.69, 9.17) is 9.15 Å². The number of hydrogen-bond acceptors (Lipinski definition) is 3. The van der Waals surface area contributed by atoms with Crippen LogP contribution in [-0.2, 0) is 17.6 Å². The van der Waals surface area contributed by atoms with E-state index in [2.05, 4.69) is 6.07 Å². The summed E-state index contributed by atoms with van der Waals surface area (Å²) < 4.78 is 12.0. The summed E-state index contributed by atoms with van der Waals surface area (Å²) in [6.45, 7) is 6.33. The first-order chi connectivity index (χ1) is 13.2. The molecule has 1 aliphatic carbocycles. The molecule has 1 aliphatic heterocycles. The summed E-state index contributed by atoms with van der Waals surface area (Å²) in [6, 6.07) is 4.18. The highest BCUT2D eigenvalue weighted by Crippen LogP contribution is 2.38. The van der Waals surface area contributed by atoms with Crippen LogP contribution >= 0.6 is 0 Å². The number of benzene rings is 1. The highest BCUT2D eigenvalue weighted by molar-refractivity contribution is 5.97. The van der Waals surface area contributed by atoms with Gasteiger partial charge in [0.15, 0.2) is 0 Å². The number of nitrogens with zero attached hydrogens (tertiary/aromatic N) is 1. The van der Waals surface area contributed by atoms with Gasteiger partial charge in [0.2, 0.25) is 5.91 Å². The summed E-state index contributed by atoms with van der Waals surface area (Å²) in [4.78, 5) is 14.7. The van der Waals surface area contributed by atoms with Crippen LogP contribution in [-0.4, -0.2) is 30.5 Å². The van der Waals surface area contributed by atoms with E-state index in [1.807, 2.05) is 24.8 Å². The highest BCUT2D eigenvalue weighted by atomic mass is 16.5. The van der Waals surface area contributed by atoms with E-state index in [1.165, 1.54) is 30.2 Å². The average molecular weight is 367 g/mol. The van der Waals surface area contributed by atoms with Crippen LogP contribution < -0.4 is 4.74 Å². The number of piperidine rings is 1. The Morgan fingerprint density at radius 1 is 1.15 bits per heavy atom. The van der Waals surface area contributed by atoms with Crippen molar-refractivity contribution >= 4 is 22.4 Å². The zero-order chi connectivity index (χ0) is 18.8. The van der Waals surface area contributed by atoms with Gasteiger partial charge in [0.1, 0.15) is 17.1 Å². The van der Waals surface area contributed by atoms with E-state index in [9.17, 15) is 4.79 Å². The Kier molecular flexibility index (Phi) is 5.24. The van der Waals surface area contributed by atoms with Gasteiger partial charge in [-0.2, -0.15) is 0 Å². The van der Waals surface area contributed by atoms with Gasteiger partial charge in [0, 0.05) is 48.2 Å². The second kappa shape index (κ2) is 7.79. The van der Waals surface area contributed by atoms with E-state index in [0.29, 0.717) is 6.61 Å². The molecule has 144 valence electrons. The standard InChI is InChI=1S/C23H29NO3/c1-3-26-21-15-22-19(17-9-5-6-10-20(17)27-22)14-18(21)16(2)13-23(25)24-11-7-4-8-12-24/h13-15H,3-12H2,1-2H3/b16-13+. The maximum Gasteiger partial charge on any atom is 0.246 e. The van der Waals surface area contributed by atoms with Crippen LogP contribution in [0.4, 0.5) is 0 Å². The molecule has 0 N–H and O–H groups in total. The molecule has 0 unspecified atom stereocenters. The fraction of sp³-hybridized carbons (Fsp3) is 0.522. The van der Waals surface area contributed by atoms with Crippen LogP contribution in [0.15, 0.2) is 22.6 Å². The molecule has 0 saturated carbocycles. The van der Waals surface area contributed by atoms with Gasteiger partial charge in [0.25, 0.3) is 0 Å². The van der Waals surface area contributed by atoms with Gasteiger partial charge in [-0.15, -0.1) is 0 Å². The van der Waals surface area contributed by atoms with Gasteiger partial charge < -0.3 is 14.1 Å². The van der Waals surface area contributed by atoms with Crippen LogP contribution in [0.25, 0.3) is 16.5 Å². The molecule has 0 atom stereocenters. The first kappa shape index (κ1) is 18.1. The number of fused-ring (bicyclic) bond motifs is 3. The summed E-state index contributed by atoms with van der Waals surface area (Å²) in [5.41, 5.74) is 4.21. The van der Waals surface area contributed by atoms with Gasteiger partial charge in [-0.25, -0.2) is 0 Å². The quantitative estimate of drug-likeness (QED) is 0.704. The molecule has 4 nitrogen and oxygen atoms in total. The molecule has 4 heteroatoms. The number of likely N-dealkylation sites (tertiary alicyclic amines) is 1. The Morgan fingerprint density at radius 3 is 2.70 bits per heavy atom. The number of allylic oxidation sites excluding steroid dienone is 1. The smallest absolute Gasteiger partial charge is 0.246 e. The molecule has 0 radical (unpaired) electrons. The van der Waals surface area contributed by atoms with Crippen LogP contribution in [0.5, 0.6) is 5.75 Å². The molecule has 4 rings (SSSR count). The largest absolute Gasteiger partial charge is 0.493 e. The summed E-state index contributed by atoms with van der Waals surface area (Å²) in [5, 5.41) is 1.18. The third kappa shape index (κ3) is 3.62. The minimum absolute atomic E-state index is 0.115. The molecule has 2 heterocycles. The zero-order valence-corrected chi connectivity index (χ0v) is 16.5. The monoisotopic (exact) mass is 367 g/mol. The first-order valence-electron chi connectivity index (χ1n) is 10.4. The maximum atomic E-state index is 12.7. The van der Waals surface area contributed by atoms with Gasteiger partial charge in [0.05, 0.1) is 6.61 Å². The van der Waals surface area contributed by atoms with E-state index >= 15 is 0 Å². The van der Waals surface area contributed by atoms with Gasteiger partial charge in [-0.3, -0.25) is 4.79 Å². The lowest BCUT2D eigenvalue weighted by atomic mass is 9.94. The van der Waals surface area contributed by atoms with Crippen molar-refractivity contribution in [2.75, 3.05) is 19.7 Å². The molecule has 0 spiro atoms. The van der Waals surface area contributed by atoms with Gasteiger partial charge in [-0.05, 0) is 64.0 Å². The van der Waals surface area contributed by atoms with Crippen molar-refractivity contribution in [3.63, 3.8) is 0 Å². The summed E-state index contributed by atoms with van der Waals surface area (Å²) >= 11 is 0. The molecular weight excluding hydrogens is 338 g/mol. The molecule has 1 aromatic heterocycles. The van der Waals surface area contributed by atoms with Crippen molar-refractivity contribution in [3.05, 3.63) is 35.1 Å². The average Bonchev–Trinajstić information content (AvgIpc) is 3.05. The number of hydrogen-bond donors (Lipinski definition) is 0. The fourth-order valence-corrected chi connectivity index (χ4v) is 4.34. The Labute approximate surface area is 161 Å². The number of aryl methyl sites for hydroxylation is 2. The first-order valence-corrected chi connectivity index (χ1v) is 10.4. The van der Waals surface area contributed by atoms with Crippen LogP contribution in [0, 0.1) is 0 Å². The third-order valence-corrected chi connectivity index (χ3v) is 5.79. The molecule has 1 aromatic carbocycles. The normalized spacial score (nSPS) is 17.9. The molecule has 2 aliphatic rings. The van der Waals surface area contributed by atoms with Crippen molar-refractivity contribution in [3.8, 4) is 5.75 Å². The van der Waals surface area contributed by atoms with E-state index in [0.717, 1.165) is 67.0 Å². The van der Waals surface area contributed by atoms with Crippen molar-refractivity contribution in [2.24, 2.45) is 0 Å². The predicted molar refractivity (Wildman–Crippen MR) is 108 cm³/mol. The molecule has 2 aromatic rings. The second-order valence-electron chi connectivity index (χ2n) is 7.70. The Morgan fingerprint density at radius 2 is 1.93 bits per heavy atom. The minimum atomic E-state index is 0.115. The molecular formula is C23H29NO3. The van der Waals surface area contributed by atoms with E-state index in [1.54, 1.807) is 6.08 Å². The summed E-state index contributed by atoms with van der Waals surface area (Å²) in [6.07, 6.45) is 9.72. The van der Waals surface area contributed by atoms with Crippen molar-refractivity contribution < 1.29 is 13.9 Å². The summed E-state index contributed by atoms with van der Waals surface area (Å²) in [7, 11) is 0. The number of carbonyl (C=O) groups excluding carboxylic acids is 1. The Bertz CT molecular complexity index is 871. The van der Waals surface area contributed by atoms with Crippen molar-refractivity contribution in [2.45, 2.75) is 58.8 Å². The lowest BCUT2D eigenvalue weighted by molar-refractivity contribution is -0.126. The topological polar surface area (TPSA) is 42.7 Å². The van der Waals surface area contributed by atoms with Crippen LogP contribution in [0.1, 0.15) is 62.8 Å². The number of rotatable bonds is 4. The third-order valence-electron chi connectivity index (χ3n) is 5.79. The Balaban J connectivity index is 1.72. The lowest BCUT2D eigenvalue weighted by Crippen LogP contribution is -2.34. The summed E-state index contributed by atoms with van der Waals surface area (Å²) in [5.74, 6) is 2.04. The SMILES string of the molecule is CCOc1cc2oc3c(c2cc1/C(C)=C/C(=O)N1CCCCC1)CCCC3. The number of furan rings is 1. The van der Waals surface area contributed by atoms with Crippen molar-refractivity contribution in [1.82, 2.24) is 4.90 Å². The van der Waals surface area contributed by atoms with E-state index in [-0.39, 0.29) is 5.91 Å². The van der Waals surface area contributed by atoms with Gasteiger partial charge in [-0.1, -0.05) is 0 Å².